The molecule has 114 valence electrons. The van der Waals surface area contributed by atoms with Crippen molar-refractivity contribution < 1.29 is 19.3 Å². The minimum absolute atomic E-state index is 0.299. The normalized spacial score (nSPS) is 26.4. The molecule has 0 fully saturated rings. The van der Waals surface area contributed by atoms with E-state index in [2.05, 4.69) is 6.58 Å². The van der Waals surface area contributed by atoms with Gasteiger partial charge in [-0.1, -0.05) is 18.2 Å². The lowest BCUT2D eigenvalue weighted by Gasteiger charge is -2.36. The maximum atomic E-state index is 10.9. The Bertz CT molecular complexity index is 361. The van der Waals surface area contributed by atoms with E-state index in [-0.39, 0.29) is 12.0 Å². The zero-order valence-corrected chi connectivity index (χ0v) is 14.1. The Kier molecular flexibility index (Phi) is 7.40. The molecule has 2 unspecified atom stereocenters. The van der Waals surface area contributed by atoms with Crippen molar-refractivity contribution in [3.8, 4) is 0 Å². The highest BCUT2D eigenvalue weighted by molar-refractivity contribution is 6.42. The minimum atomic E-state index is -1.11. The molecule has 0 saturated heterocycles. The Morgan fingerprint density at radius 3 is 2.60 bits per heavy atom. The van der Waals surface area contributed by atoms with Crippen molar-refractivity contribution in [2.24, 2.45) is 0 Å². The molecule has 1 aliphatic carbocycles. The van der Waals surface area contributed by atoms with Crippen molar-refractivity contribution in [1.82, 2.24) is 0 Å². The van der Waals surface area contributed by atoms with Gasteiger partial charge in [0.2, 0.25) is 0 Å². The van der Waals surface area contributed by atoms with Crippen LogP contribution in [0.5, 0.6) is 0 Å². The Balaban J connectivity index is 2.80. The molecule has 0 spiro atoms. The summed E-state index contributed by atoms with van der Waals surface area (Å²) >= 11 is 0. The molecule has 5 heteroatoms. The van der Waals surface area contributed by atoms with Crippen LogP contribution in [0.15, 0.2) is 36.5 Å². The van der Waals surface area contributed by atoms with E-state index in [0.717, 1.165) is 12.0 Å². The van der Waals surface area contributed by atoms with Crippen LogP contribution in [0.3, 0.4) is 0 Å². The van der Waals surface area contributed by atoms with Crippen LogP contribution in [-0.4, -0.2) is 52.2 Å². The maximum absolute atomic E-state index is 10.9. The maximum Gasteiger partial charge on any atom is 0.138 e. The predicted molar refractivity (Wildman–Crippen MR) is 83.4 cm³/mol. The van der Waals surface area contributed by atoms with Crippen LogP contribution in [0.4, 0.5) is 0 Å². The standard InChI is InChI=1S/C15H26O4Si/c1-5-8-12-9-10-15(16,13(11-12)17-4)20-14(18-6-2)19-7-3/h5,9-11,13-14,16H,1,6-8,20H2,2-4H3. The van der Waals surface area contributed by atoms with Crippen LogP contribution in [-0.2, 0) is 14.2 Å². The molecule has 0 aromatic rings. The Morgan fingerprint density at radius 1 is 1.45 bits per heavy atom. The first-order valence-electron chi connectivity index (χ1n) is 7.08. The lowest BCUT2D eigenvalue weighted by molar-refractivity contribution is -0.0913. The molecule has 0 saturated carbocycles. The van der Waals surface area contributed by atoms with Gasteiger partial charge in [-0.25, -0.2) is 0 Å². The van der Waals surface area contributed by atoms with Gasteiger partial charge < -0.3 is 19.3 Å². The molecule has 1 aliphatic rings. The zero-order valence-electron chi connectivity index (χ0n) is 12.7. The average molecular weight is 298 g/mol. The van der Waals surface area contributed by atoms with Crippen LogP contribution < -0.4 is 0 Å². The summed E-state index contributed by atoms with van der Waals surface area (Å²) in [6, 6.07) is 0. The third-order valence-corrected chi connectivity index (χ3v) is 5.37. The first-order chi connectivity index (χ1) is 9.59. The average Bonchev–Trinajstić information content (AvgIpc) is 2.42. The van der Waals surface area contributed by atoms with E-state index in [1.165, 1.54) is 0 Å². The number of allylic oxidation sites excluding steroid dienone is 3. The molecule has 0 amide bonds. The van der Waals surface area contributed by atoms with E-state index < -0.39 is 14.7 Å². The monoisotopic (exact) mass is 298 g/mol. The smallest absolute Gasteiger partial charge is 0.138 e. The predicted octanol–water partition coefficient (Wildman–Crippen LogP) is 1.29. The molecular formula is C15H26O4Si. The number of ether oxygens (including phenoxy) is 3. The second kappa shape index (κ2) is 8.54. The van der Waals surface area contributed by atoms with Crippen LogP contribution >= 0.6 is 0 Å². The molecule has 1 N–H and O–H groups in total. The Morgan fingerprint density at radius 2 is 2.10 bits per heavy atom. The Hall–Kier alpha value is -0.723. The molecule has 2 atom stereocenters. The fourth-order valence-corrected chi connectivity index (χ4v) is 4.32. The van der Waals surface area contributed by atoms with E-state index in [1.54, 1.807) is 7.11 Å². The molecule has 0 aromatic carbocycles. The highest BCUT2D eigenvalue weighted by Crippen LogP contribution is 2.26. The van der Waals surface area contributed by atoms with Crippen LogP contribution in [0.2, 0.25) is 0 Å². The highest BCUT2D eigenvalue weighted by atomic mass is 28.2. The molecular weight excluding hydrogens is 272 g/mol. The third-order valence-electron chi connectivity index (χ3n) is 3.28. The van der Waals surface area contributed by atoms with Gasteiger partial charge in [0.15, 0.2) is 0 Å². The summed E-state index contributed by atoms with van der Waals surface area (Å²) in [5.41, 5.74) is 1.11. The fraction of sp³-hybridized carbons (Fsp3) is 0.600. The lowest BCUT2D eigenvalue weighted by Crippen LogP contribution is -2.52. The van der Waals surface area contributed by atoms with E-state index in [9.17, 15) is 5.11 Å². The molecule has 0 aliphatic heterocycles. The molecule has 1 rings (SSSR count). The molecule has 20 heavy (non-hydrogen) atoms. The summed E-state index contributed by atoms with van der Waals surface area (Å²) in [4.78, 5) is 0. The number of rotatable bonds is 9. The van der Waals surface area contributed by atoms with E-state index in [4.69, 9.17) is 14.2 Å². The van der Waals surface area contributed by atoms with Gasteiger partial charge in [0, 0.05) is 20.3 Å². The van der Waals surface area contributed by atoms with Gasteiger partial charge in [0.25, 0.3) is 0 Å². The summed E-state index contributed by atoms with van der Waals surface area (Å²) in [7, 11) is 0.508. The minimum Gasteiger partial charge on any atom is -0.387 e. The van der Waals surface area contributed by atoms with E-state index >= 15 is 0 Å². The summed E-state index contributed by atoms with van der Waals surface area (Å²) in [6.45, 7) is 8.74. The second-order valence-corrected chi connectivity index (χ2v) is 6.97. The molecule has 0 aromatic heterocycles. The van der Waals surface area contributed by atoms with Gasteiger partial charge in [-0.2, -0.15) is 0 Å². The van der Waals surface area contributed by atoms with Crippen LogP contribution in [0, 0.1) is 0 Å². The quantitative estimate of drug-likeness (QED) is 0.396. The van der Waals surface area contributed by atoms with Crippen molar-refractivity contribution in [3.05, 3.63) is 36.5 Å². The van der Waals surface area contributed by atoms with Gasteiger partial charge >= 0.3 is 0 Å². The summed E-state index contributed by atoms with van der Waals surface area (Å²) < 4.78 is 16.6. The lowest BCUT2D eigenvalue weighted by atomic mass is 9.99. The topological polar surface area (TPSA) is 47.9 Å². The fourth-order valence-electron chi connectivity index (χ4n) is 2.30. The molecule has 0 radical (unpaired) electrons. The van der Waals surface area contributed by atoms with Gasteiger partial charge in [-0.15, -0.1) is 6.58 Å². The van der Waals surface area contributed by atoms with Gasteiger partial charge in [-0.05, 0) is 31.9 Å². The van der Waals surface area contributed by atoms with Crippen molar-refractivity contribution in [2.45, 2.75) is 37.5 Å². The second-order valence-electron chi connectivity index (χ2n) is 4.76. The number of aliphatic hydroxyl groups is 1. The molecule has 0 heterocycles. The van der Waals surface area contributed by atoms with Gasteiger partial charge in [-0.3, -0.25) is 0 Å². The van der Waals surface area contributed by atoms with Crippen molar-refractivity contribution in [1.29, 1.82) is 0 Å². The SMILES string of the molecule is C=CCC1=CC(OC)C(O)([SiH2]C(OCC)OCC)C=C1. The van der Waals surface area contributed by atoms with Crippen molar-refractivity contribution >= 4 is 9.52 Å². The van der Waals surface area contributed by atoms with Crippen molar-refractivity contribution in [3.63, 3.8) is 0 Å². The van der Waals surface area contributed by atoms with Crippen molar-refractivity contribution in [2.75, 3.05) is 20.3 Å². The highest BCUT2D eigenvalue weighted by Gasteiger charge is 2.38. The Labute approximate surface area is 123 Å². The molecule has 4 nitrogen and oxygen atoms in total. The molecule has 0 bridgehead atoms. The summed E-state index contributed by atoms with van der Waals surface area (Å²) in [6.07, 6.45) is 8.00. The first-order valence-corrected chi connectivity index (χ1v) is 8.61. The van der Waals surface area contributed by atoms with Crippen LogP contribution in [0.1, 0.15) is 20.3 Å². The van der Waals surface area contributed by atoms with Gasteiger partial charge in [0.05, 0.1) is 0 Å². The number of hydrogen-bond donors (Lipinski definition) is 1. The third kappa shape index (κ3) is 4.68. The number of methoxy groups -OCH3 is 1. The summed E-state index contributed by atoms with van der Waals surface area (Å²) in [5, 5.41) is 9.88. The van der Waals surface area contributed by atoms with Crippen LogP contribution in [0.25, 0.3) is 0 Å². The van der Waals surface area contributed by atoms with Gasteiger partial charge in [0.1, 0.15) is 26.8 Å². The first kappa shape index (κ1) is 17.3. The largest absolute Gasteiger partial charge is 0.387 e. The van der Waals surface area contributed by atoms with E-state index in [0.29, 0.717) is 13.2 Å². The number of hydrogen-bond acceptors (Lipinski definition) is 4. The zero-order chi connectivity index (χ0) is 15.0. The van der Waals surface area contributed by atoms with E-state index in [1.807, 2.05) is 38.2 Å². The summed E-state index contributed by atoms with van der Waals surface area (Å²) in [5.74, 6) is -0.299.